The molecule has 0 saturated heterocycles. The van der Waals surface area contributed by atoms with Crippen molar-refractivity contribution in [2.45, 2.75) is 39.0 Å². The molecule has 1 aromatic carbocycles. The van der Waals surface area contributed by atoms with Crippen molar-refractivity contribution in [2.24, 2.45) is 0 Å². The van der Waals surface area contributed by atoms with E-state index < -0.39 is 6.10 Å². The van der Waals surface area contributed by atoms with Crippen molar-refractivity contribution < 1.29 is 24.0 Å². The Labute approximate surface area is 104 Å². The third kappa shape index (κ3) is 4.86. The van der Waals surface area contributed by atoms with E-state index in [0.29, 0.717) is 6.04 Å². The van der Waals surface area contributed by atoms with Crippen molar-refractivity contribution in [3.63, 3.8) is 0 Å². The van der Waals surface area contributed by atoms with Gasteiger partial charge in [-0.25, -0.2) is 0 Å². The van der Waals surface area contributed by atoms with Crippen LogP contribution < -0.4 is 29.3 Å². The van der Waals surface area contributed by atoms with E-state index in [0.717, 1.165) is 5.56 Å². The molecule has 0 spiro atoms. The molecule has 15 heavy (non-hydrogen) atoms. The molecule has 0 heterocycles. The molecule has 2 nitrogen and oxygen atoms in total. The van der Waals surface area contributed by atoms with Crippen molar-refractivity contribution in [2.75, 3.05) is 0 Å². The van der Waals surface area contributed by atoms with Crippen LogP contribution >= 0.6 is 0 Å². The van der Waals surface area contributed by atoms with E-state index in [1.807, 2.05) is 51.1 Å². The average Bonchev–Trinajstić information content (AvgIpc) is 2.17. The molecule has 0 aliphatic rings. The van der Waals surface area contributed by atoms with E-state index in [4.69, 9.17) is 0 Å². The molecule has 0 aliphatic heterocycles. The molecule has 78 valence electrons. The zero-order valence-corrected chi connectivity index (χ0v) is 10.0. The summed E-state index contributed by atoms with van der Waals surface area (Å²) >= 11 is 0. The largest absolute Gasteiger partial charge is 1.00 e. The van der Waals surface area contributed by atoms with Crippen LogP contribution in [0.15, 0.2) is 30.3 Å². The number of nitrogens with one attached hydrogen (secondary N) is 1. The average molecular weight is 199 g/mol. The molecule has 0 amide bonds. The number of benzene rings is 1. The molecule has 1 aromatic rings. The zero-order chi connectivity index (χ0) is 10.6. The van der Waals surface area contributed by atoms with Crippen LogP contribution in [0.5, 0.6) is 0 Å². The molecule has 0 aliphatic carbocycles. The maximum absolute atomic E-state index is 11.9. The van der Waals surface area contributed by atoms with Crippen LogP contribution in [0.2, 0.25) is 0 Å². The second-order valence-electron chi connectivity index (χ2n) is 3.94. The van der Waals surface area contributed by atoms with Crippen LogP contribution in [-0.4, -0.2) is 12.1 Å². The van der Waals surface area contributed by atoms with Gasteiger partial charge in [0.05, 0.1) is 0 Å². The van der Waals surface area contributed by atoms with Gasteiger partial charge in [-0.05, 0) is 6.04 Å². The Bertz CT molecular complexity index is 264. The van der Waals surface area contributed by atoms with Gasteiger partial charge in [0.15, 0.2) is 0 Å². The van der Waals surface area contributed by atoms with Gasteiger partial charge < -0.3 is 10.4 Å². The van der Waals surface area contributed by atoms with E-state index in [1.165, 1.54) is 0 Å². The fourth-order valence-corrected chi connectivity index (χ4v) is 1.54. The third-order valence-corrected chi connectivity index (χ3v) is 2.18. The first kappa shape index (κ1) is 14.7. The van der Waals surface area contributed by atoms with Gasteiger partial charge in [0, 0.05) is 6.04 Å². The van der Waals surface area contributed by atoms with E-state index in [2.05, 4.69) is 5.32 Å². The van der Waals surface area contributed by atoms with Crippen LogP contribution in [0.1, 0.15) is 32.4 Å². The topological polar surface area (TPSA) is 35.1 Å². The predicted octanol–water partition coefficient (Wildman–Crippen LogP) is -1.52. The Hall–Kier alpha value is -0.263. The van der Waals surface area contributed by atoms with E-state index >= 15 is 0 Å². The number of rotatable bonds is 4. The number of hydrogen-bond acceptors (Lipinski definition) is 2. The summed E-state index contributed by atoms with van der Waals surface area (Å²) in [6, 6.07) is 9.83. The maximum atomic E-state index is 11.9. The summed E-state index contributed by atoms with van der Waals surface area (Å²) in [4.78, 5) is 0. The van der Waals surface area contributed by atoms with E-state index in [9.17, 15) is 5.11 Å². The molecule has 0 unspecified atom stereocenters. The first-order valence-corrected chi connectivity index (χ1v) is 5.08. The summed E-state index contributed by atoms with van der Waals surface area (Å²) < 4.78 is 0. The Morgan fingerprint density at radius 1 is 1.07 bits per heavy atom. The van der Waals surface area contributed by atoms with Gasteiger partial charge in [-0.1, -0.05) is 62.8 Å². The van der Waals surface area contributed by atoms with Crippen molar-refractivity contribution in [3.8, 4) is 0 Å². The summed E-state index contributed by atoms with van der Waals surface area (Å²) in [6.07, 6.45) is -0.682. The van der Waals surface area contributed by atoms with Gasteiger partial charge >= 0.3 is 18.9 Å². The third-order valence-electron chi connectivity index (χ3n) is 2.18. The summed E-state index contributed by atoms with van der Waals surface area (Å²) in [5.74, 6) is 0. The smallest absolute Gasteiger partial charge is 0.847 e. The Kier molecular flexibility index (Phi) is 6.96. The van der Waals surface area contributed by atoms with E-state index in [1.54, 1.807) is 0 Å². The molecule has 2 atom stereocenters. The summed E-state index contributed by atoms with van der Waals surface area (Å²) in [5, 5.41) is 15.1. The minimum Gasteiger partial charge on any atom is -0.847 e. The zero-order valence-electron chi connectivity index (χ0n) is 10.0. The van der Waals surface area contributed by atoms with Gasteiger partial charge in [-0.3, -0.25) is 0 Å². The van der Waals surface area contributed by atoms with Crippen LogP contribution in [0.3, 0.4) is 0 Å². The van der Waals surface area contributed by atoms with Crippen LogP contribution in [0.25, 0.3) is 0 Å². The maximum Gasteiger partial charge on any atom is 1.00 e. The Balaban J connectivity index is 0.00000196. The van der Waals surface area contributed by atoms with Crippen LogP contribution in [-0.2, 0) is 0 Å². The number of hydrogen-bond donors (Lipinski definition) is 1. The standard InChI is InChI=1S/C12H18NO.Li/c1-9(2)13-10(3)12(14)11-7-5-4-6-8-11;/h4-10,12-13H,1-3H3;/q-1;+1/t10-,12-;/m0./s1. The van der Waals surface area contributed by atoms with Gasteiger partial charge in [0.2, 0.25) is 0 Å². The van der Waals surface area contributed by atoms with Gasteiger partial charge in [0.25, 0.3) is 0 Å². The molecule has 0 fully saturated rings. The first-order valence-electron chi connectivity index (χ1n) is 5.08. The predicted molar refractivity (Wildman–Crippen MR) is 56.9 cm³/mol. The quantitative estimate of drug-likeness (QED) is 0.598. The van der Waals surface area contributed by atoms with Crippen molar-refractivity contribution >= 4 is 0 Å². The molecule has 1 N–H and O–H groups in total. The molecular formula is C12H18LiNO. The van der Waals surface area contributed by atoms with Gasteiger partial charge in [-0.2, -0.15) is 0 Å². The van der Waals surface area contributed by atoms with Gasteiger partial charge in [0.1, 0.15) is 0 Å². The summed E-state index contributed by atoms with van der Waals surface area (Å²) in [7, 11) is 0. The molecule has 1 rings (SSSR count). The molecule has 0 saturated carbocycles. The van der Waals surface area contributed by atoms with Crippen molar-refractivity contribution in [1.29, 1.82) is 0 Å². The molecule has 0 radical (unpaired) electrons. The second-order valence-corrected chi connectivity index (χ2v) is 3.94. The fraction of sp³-hybridized carbons (Fsp3) is 0.500. The first-order chi connectivity index (χ1) is 6.61. The van der Waals surface area contributed by atoms with E-state index in [-0.39, 0.29) is 24.9 Å². The Morgan fingerprint density at radius 3 is 2.07 bits per heavy atom. The Morgan fingerprint density at radius 2 is 1.60 bits per heavy atom. The summed E-state index contributed by atoms with van der Waals surface area (Å²) in [6.45, 7) is 6.03. The second kappa shape index (κ2) is 7.08. The molecule has 0 bridgehead atoms. The minimum absolute atomic E-state index is 0. The normalized spacial score (nSPS) is 14.5. The van der Waals surface area contributed by atoms with Crippen LogP contribution in [0, 0.1) is 0 Å². The molecule has 0 aromatic heterocycles. The molecule has 3 heteroatoms. The minimum atomic E-state index is -0.682. The summed E-state index contributed by atoms with van der Waals surface area (Å²) in [5.41, 5.74) is 0.855. The van der Waals surface area contributed by atoms with Gasteiger partial charge in [-0.15, -0.1) is 0 Å². The SMILES string of the molecule is CC(C)N[C@@H](C)[C@H]([O-])c1ccccc1.[Li+]. The van der Waals surface area contributed by atoms with Crippen molar-refractivity contribution in [3.05, 3.63) is 35.9 Å². The monoisotopic (exact) mass is 199 g/mol. The molecular weight excluding hydrogens is 181 g/mol. The fourth-order valence-electron chi connectivity index (χ4n) is 1.54. The van der Waals surface area contributed by atoms with Crippen molar-refractivity contribution in [1.82, 2.24) is 5.32 Å². The van der Waals surface area contributed by atoms with Crippen LogP contribution in [0.4, 0.5) is 0 Å².